The van der Waals surface area contributed by atoms with E-state index in [2.05, 4.69) is 10.0 Å². The molecule has 9 heteroatoms. The van der Waals surface area contributed by atoms with Crippen LogP contribution >= 0.6 is 0 Å². The van der Waals surface area contributed by atoms with E-state index in [4.69, 9.17) is 10.5 Å². The van der Waals surface area contributed by atoms with Crippen LogP contribution in [0.15, 0.2) is 72.8 Å². The Morgan fingerprint density at radius 1 is 0.806 bits per heavy atom. The Balaban J connectivity index is 1.60. The van der Waals surface area contributed by atoms with Crippen LogP contribution in [0.4, 0.5) is 11.4 Å². The number of carbonyl (C=O) groups is 2. The summed E-state index contributed by atoms with van der Waals surface area (Å²) in [6.07, 6.45) is 0. The first-order chi connectivity index (χ1) is 14.8. The Morgan fingerprint density at radius 2 is 1.29 bits per heavy atom. The van der Waals surface area contributed by atoms with E-state index in [1.54, 1.807) is 79.7 Å². The summed E-state index contributed by atoms with van der Waals surface area (Å²) < 4.78 is 31.3. The molecule has 160 valence electrons. The zero-order valence-electron chi connectivity index (χ0n) is 16.7. The third-order valence-corrected chi connectivity index (χ3v) is 5.59. The number of carbonyl (C=O) groups excluding carboxylic acids is 2. The van der Waals surface area contributed by atoms with Gasteiger partial charge in [-0.25, -0.2) is 8.42 Å². The van der Waals surface area contributed by atoms with Gasteiger partial charge in [-0.3, -0.25) is 14.3 Å². The van der Waals surface area contributed by atoms with E-state index in [1.807, 2.05) is 0 Å². The molecule has 0 aliphatic carbocycles. The lowest BCUT2D eigenvalue weighted by molar-refractivity contribution is 0.0997. The van der Waals surface area contributed by atoms with Gasteiger partial charge in [0.1, 0.15) is 11.5 Å². The minimum atomic E-state index is -3.35. The smallest absolute Gasteiger partial charge is 0.255 e. The van der Waals surface area contributed by atoms with Gasteiger partial charge >= 0.3 is 0 Å². The van der Waals surface area contributed by atoms with Crippen LogP contribution in [0, 0.1) is 0 Å². The Hall–Kier alpha value is -3.85. The summed E-state index contributed by atoms with van der Waals surface area (Å²) in [5, 5.41) is 2.75. The van der Waals surface area contributed by atoms with Gasteiger partial charge in [0.05, 0.1) is 5.75 Å². The lowest BCUT2D eigenvalue weighted by Crippen LogP contribution is -2.15. The maximum absolute atomic E-state index is 12.4. The molecule has 8 nitrogen and oxygen atoms in total. The van der Waals surface area contributed by atoms with Gasteiger partial charge in [-0.1, -0.05) is 0 Å². The number of hydrogen-bond acceptors (Lipinski definition) is 5. The average molecular weight is 439 g/mol. The first kappa shape index (κ1) is 21.8. The summed E-state index contributed by atoms with van der Waals surface area (Å²) in [5.74, 6) is 0.194. The van der Waals surface area contributed by atoms with Crippen LogP contribution in [0.5, 0.6) is 11.5 Å². The highest BCUT2D eigenvalue weighted by Crippen LogP contribution is 2.23. The number of anilines is 2. The molecule has 0 unspecified atom stereocenters. The van der Waals surface area contributed by atoms with E-state index in [9.17, 15) is 18.0 Å². The van der Waals surface area contributed by atoms with Gasteiger partial charge in [-0.15, -0.1) is 0 Å². The first-order valence-corrected chi connectivity index (χ1v) is 11.0. The maximum atomic E-state index is 12.4. The number of amides is 2. The molecule has 0 aliphatic heterocycles. The lowest BCUT2D eigenvalue weighted by Gasteiger charge is -2.09. The molecule has 2 amide bonds. The zero-order valence-corrected chi connectivity index (χ0v) is 17.5. The van der Waals surface area contributed by atoms with Gasteiger partial charge in [0.15, 0.2) is 0 Å². The van der Waals surface area contributed by atoms with Gasteiger partial charge < -0.3 is 15.8 Å². The molecule has 0 fully saturated rings. The fraction of sp³-hybridized carbons (Fsp3) is 0.0909. The predicted molar refractivity (Wildman–Crippen MR) is 119 cm³/mol. The number of primary amides is 1. The number of nitrogens with one attached hydrogen (secondary N) is 2. The Morgan fingerprint density at radius 3 is 1.77 bits per heavy atom. The van der Waals surface area contributed by atoms with Gasteiger partial charge in [-0.2, -0.15) is 0 Å². The Kier molecular flexibility index (Phi) is 6.56. The van der Waals surface area contributed by atoms with Crippen molar-refractivity contribution in [3.8, 4) is 11.5 Å². The van der Waals surface area contributed by atoms with Crippen molar-refractivity contribution in [2.24, 2.45) is 5.73 Å². The van der Waals surface area contributed by atoms with Crippen LogP contribution in [0.3, 0.4) is 0 Å². The maximum Gasteiger partial charge on any atom is 0.255 e. The summed E-state index contributed by atoms with van der Waals surface area (Å²) in [6, 6.07) is 19.3. The monoisotopic (exact) mass is 439 g/mol. The van der Waals surface area contributed by atoms with E-state index in [0.717, 1.165) is 0 Å². The topological polar surface area (TPSA) is 128 Å². The van der Waals surface area contributed by atoms with Gasteiger partial charge in [0, 0.05) is 22.5 Å². The highest BCUT2D eigenvalue weighted by Gasteiger charge is 2.09. The second-order valence-electron chi connectivity index (χ2n) is 6.55. The van der Waals surface area contributed by atoms with Crippen molar-refractivity contribution in [1.29, 1.82) is 0 Å². The number of sulfonamides is 1. The van der Waals surface area contributed by atoms with Gasteiger partial charge in [0.25, 0.3) is 5.91 Å². The minimum absolute atomic E-state index is 0.0239. The molecular formula is C22H21N3O5S. The zero-order chi connectivity index (χ0) is 22.4. The molecule has 0 bridgehead atoms. The van der Waals surface area contributed by atoms with Crippen molar-refractivity contribution in [2.45, 2.75) is 6.92 Å². The highest BCUT2D eigenvalue weighted by molar-refractivity contribution is 7.92. The van der Waals surface area contributed by atoms with E-state index in [-0.39, 0.29) is 11.7 Å². The quantitative estimate of drug-likeness (QED) is 0.494. The molecule has 0 heterocycles. The Labute approximate surface area is 180 Å². The van der Waals surface area contributed by atoms with Crippen LogP contribution in [-0.2, 0) is 10.0 Å². The standard InChI is InChI=1S/C22H21N3O5S/c1-2-31(28,29)25-18-9-7-17(8-10-18)24-22(27)16-5-13-20(14-6-16)30-19-11-3-15(4-12-19)21(23)26/h3-14,25H,2H2,1H3,(H2,23,26)(H,24,27). The summed E-state index contributed by atoms with van der Waals surface area (Å²) in [4.78, 5) is 23.5. The SMILES string of the molecule is CCS(=O)(=O)Nc1ccc(NC(=O)c2ccc(Oc3ccc(C(N)=O)cc3)cc2)cc1. The Bertz CT molecular complexity index is 1170. The second kappa shape index (κ2) is 9.31. The third kappa shape index (κ3) is 6.06. The fourth-order valence-corrected chi connectivity index (χ4v) is 3.21. The molecule has 0 saturated carbocycles. The lowest BCUT2D eigenvalue weighted by atomic mass is 10.2. The largest absolute Gasteiger partial charge is 0.457 e. The molecule has 3 aromatic carbocycles. The van der Waals surface area contributed by atoms with Crippen LogP contribution in [-0.4, -0.2) is 26.0 Å². The summed E-state index contributed by atoms with van der Waals surface area (Å²) in [7, 11) is -3.35. The van der Waals surface area contributed by atoms with Crippen molar-refractivity contribution in [3.05, 3.63) is 83.9 Å². The van der Waals surface area contributed by atoms with Crippen LogP contribution in [0.25, 0.3) is 0 Å². The van der Waals surface area contributed by atoms with Crippen LogP contribution in [0.2, 0.25) is 0 Å². The summed E-state index contributed by atoms with van der Waals surface area (Å²) in [6.45, 7) is 1.55. The molecule has 0 saturated heterocycles. The first-order valence-electron chi connectivity index (χ1n) is 9.35. The van der Waals surface area contributed by atoms with Crippen molar-refractivity contribution in [3.63, 3.8) is 0 Å². The highest BCUT2D eigenvalue weighted by atomic mass is 32.2. The molecular weight excluding hydrogens is 418 g/mol. The molecule has 3 aromatic rings. The van der Waals surface area contributed by atoms with E-state index in [0.29, 0.717) is 34.0 Å². The number of rotatable bonds is 8. The molecule has 0 spiro atoms. The van der Waals surface area contributed by atoms with E-state index < -0.39 is 15.9 Å². The van der Waals surface area contributed by atoms with Crippen LogP contribution < -0.4 is 20.5 Å². The third-order valence-electron chi connectivity index (χ3n) is 4.29. The molecule has 3 rings (SSSR count). The summed E-state index contributed by atoms with van der Waals surface area (Å²) >= 11 is 0. The molecule has 31 heavy (non-hydrogen) atoms. The molecule has 0 aromatic heterocycles. The van der Waals surface area contributed by atoms with Gasteiger partial charge in [0.2, 0.25) is 15.9 Å². The summed E-state index contributed by atoms with van der Waals surface area (Å²) in [5.41, 5.74) is 6.97. The van der Waals surface area contributed by atoms with Crippen molar-refractivity contribution in [2.75, 3.05) is 15.8 Å². The molecule has 0 radical (unpaired) electrons. The number of hydrogen-bond donors (Lipinski definition) is 3. The number of benzene rings is 3. The van der Waals surface area contributed by atoms with Gasteiger partial charge in [-0.05, 0) is 79.7 Å². The van der Waals surface area contributed by atoms with E-state index >= 15 is 0 Å². The second-order valence-corrected chi connectivity index (χ2v) is 8.56. The van der Waals surface area contributed by atoms with E-state index in [1.165, 1.54) is 0 Å². The van der Waals surface area contributed by atoms with Crippen molar-refractivity contribution >= 4 is 33.2 Å². The number of nitrogens with two attached hydrogens (primary N) is 1. The predicted octanol–water partition coefficient (Wildman–Crippen LogP) is 3.59. The van der Waals surface area contributed by atoms with Crippen LogP contribution in [0.1, 0.15) is 27.6 Å². The normalized spacial score (nSPS) is 10.9. The van der Waals surface area contributed by atoms with Crippen molar-refractivity contribution in [1.82, 2.24) is 0 Å². The van der Waals surface area contributed by atoms with Crippen molar-refractivity contribution < 1.29 is 22.7 Å². The number of ether oxygens (including phenoxy) is 1. The average Bonchev–Trinajstić information content (AvgIpc) is 2.76. The molecule has 4 N–H and O–H groups in total. The molecule has 0 aliphatic rings. The molecule has 0 atom stereocenters. The fourth-order valence-electron chi connectivity index (χ4n) is 2.57. The minimum Gasteiger partial charge on any atom is -0.457 e.